The van der Waals surface area contributed by atoms with Crippen molar-refractivity contribution in [2.24, 2.45) is 17.8 Å². The predicted octanol–water partition coefficient (Wildman–Crippen LogP) is 2.13. The van der Waals surface area contributed by atoms with Crippen molar-refractivity contribution in [1.82, 2.24) is 10.2 Å². The maximum atomic E-state index is 12.6. The molecule has 4 nitrogen and oxygen atoms in total. The molecule has 0 bridgehead atoms. The summed E-state index contributed by atoms with van der Waals surface area (Å²) in [5, 5.41) is 12.9. The summed E-state index contributed by atoms with van der Waals surface area (Å²) in [5.74, 6) is 1.70. The molecule has 2 fully saturated rings. The molecule has 0 aliphatic carbocycles. The van der Waals surface area contributed by atoms with Crippen molar-refractivity contribution >= 4 is 21.8 Å². The minimum Gasteiger partial charge on any atom is -0.396 e. The molecule has 3 rings (SSSR count). The van der Waals surface area contributed by atoms with Gasteiger partial charge in [-0.1, -0.05) is 22.0 Å². The molecule has 0 radical (unpaired) electrons. The van der Waals surface area contributed by atoms with Crippen LogP contribution in [0.4, 0.5) is 0 Å². The Morgan fingerprint density at radius 1 is 1.32 bits per heavy atom. The molecule has 5 heteroatoms. The molecule has 22 heavy (non-hydrogen) atoms. The number of likely N-dealkylation sites (tertiary alicyclic amines) is 1. The molecule has 2 atom stereocenters. The zero-order chi connectivity index (χ0) is 15.5. The first-order valence-electron chi connectivity index (χ1n) is 8.05. The second-order valence-electron chi connectivity index (χ2n) is 6.40. The van der Waals surface area contributed by atoms with Crippen molar-refractivity contribution in [3.8, 4) is 0 Å². The lowest BCUT2D eigenvalue weighted by molar-refractivity contribution is 0.0625. The number of aliphatic hydroxyl groups excluding tert-OH is 1. The van der Waals surface area contributed by atoms with E-state index in [1.807, 2.05) is 29.2 Å². The highest BCUT2D eigenvalue weighted by molar-refractivity contribution is 9.10. The molecule has 0 aromatic heterocycles. The number of nitrogens with zero attached hydrogens (tertiary/aromatic N) is 1. The Bertz CT molecular complexity index is 529. The van der Waals surface area contributed by atoms with Gasteiger partial charge in [0.25, 0.3) is 5.91 Å². The standard InChI is InChI=1S/C17H23BrN2O2/c18-15-3-1-2-13(8-15)17(22)20-6-4-12(5-7-20)16-10-19-9-14(16)11-21/h1-3,8,12,14,16,19,21H,4-7,9-11H2/t14-,16-/m0/s1. The number of benzene rings is 1. The highest BCUT2D eigenvalue weighted by atomic mass is 79.9. The molecule has 1 aromatic rings. The van der Waals surface area contributed by atoms with Crippen LogP contribution < -0.4 is 5.32 Å². The molecular formula is C17H23BrN2O2. The number of halogens is 1. The van der Waals surface area contributed by atoms with E-state index >= 15 is 0 Å². The number of piperidine rings is 1. The normalized spacial score (nSPS) is 26.4. The van der Waals surface area contributed by atoms with Crippen molar-refractivity contribution in [3.63, 3.8) is 0 Å². The van der Waals surface area contributed by atoms with Gasteiger partial charge in [-0.15, -0.1) is 0 Å². The average molecular weight is 367 g/mol. The SMILES string of the molecule is O=C(c1cccc(Br)c1)N1CCC([C@@H]2CNC[C@H]2CO)CC1. The van der Waals surface area contributed by atoms with E-state index < -0.39 is 0 Å². The lowest BCUT2D eigenvalue weighted by atomic mass is 9.78. The maximum absolute atomic E-state index is 12.6. The van der Waals surface area contributed by atoms with E-state index in [9.17, 15) is 9.90 Å². The topological polar surface area (TPSA) is 52.6 Å². The first-order chi connectivity index (χ1) is 10.7. The van der Waals surface area contributed by atoms with Crippen LogP contribution in [0, 0.1) is 17.8 Å². The highest BCUT2D eigenvalue weighted by Crippen LogP contribution is 2.32. The third-order valence-corrected chi connectivity index (χ3v) is 5.62. The van der Waals surface area contributed by atoms with Crippen LogP contribution in [0.2, 0.25) is 0 Å². The van der Waals surface area contributed by atoms with Crippen LogP contribution in [-0.4, -0.2) is 48.7 Å². The quantitative estimate of drug-likeness (QED) is 0.861. The molecule has 0 spiro atoms. The van der Waals surface area contributed by atoms with Crippen LogP contribution >= 0.6 is 15.9 Å². The van der Waals surface area contributed by atoms with Gasteiger partial charge in [0.05, 0.1) is 0 Å². The molecule has 120 valence electrons. The minimum atomic E-state index is 0.128. The van der Waals surface area contributed by atoms with Gasteiger partial charge >= 0.3 is 0 Å². The number of aliphatic hydroxyl groups is 1. The molecule has 2 heterocycles. The number of rotatable bonds is 3. The van der Waals surface area contributed by atoms with Crippen LogP contribution in [-0.2, 0) is 0 Å². The fraction of sp³-hybridized carbons (Fsp3) is 0.588. The zero-order valence-electron chi connectivity index (χ0n) is 12.7. The number of amides is 1. The fourth-order valence-corrected chi connectivity index (χ4v) is 4.24. The van der Waals surface area contributed by atoms with Crippen LogP contribution in [0.3, 0.4) is 0 Å². The van der Waals surface area contributed by atoms with E-state index in [1.165, 1.54) is 0 Å². The minimum absolute atomic E-state index is 0.128. The van der Waals surface area contributed by atoms with Crippen LogP contribution in [0.25, 0.3) is 0 Å². The number of carbonyl (C=O) groups is 1. The summed E-state index contributed by atoms with van der Waals surface area (Å²) in [6, 6.07) is 7.60. The van der Waals surface area contributed by atoms with Crippen molar-refractivity contribution in [1.29, 1.82) is 0 Å². The van der Waals surface area contributed by atoms with Gasteiger partial charge in [-0.3, -0.25) is 4.79 Å². The lowest BCUT2D eigenvalue weighted by Gasteiger charge is -2.36. The van der Waals surface area contributed by atoms with Gasteiger partial charge in [0.2, 0.25) is 0 Å². The van der Waals surface area contributed by atoms with E-state index in [0.717, 1.165) is 49.1 Å². The number of hydrogen-bond donors (Lipinski definition) is 2. The van der Waals surface area contributed by atoms with E-state index in [2.05, 4.69) is 21.2 Å². The maximum Gasteiger partial charge on any atom is 0.253 e. The lowest BCUT2D eigenvalue weighted by Crippen LogP contribution is -2.41. The molecule has 0 unspecified atom stereocenters. The first kappa shape index (κ1) is 16.0. The van der Waals surface area contributed by atoms with Gasteiger partial charge in [-0.05, 0) is 55.3 Å². The molecule has 2 aliphatic heterocycles. The predicted molar refractivity (Wildman–Crippen MR) is 89.7 cm³/mol. The van der Waals surface area contributed by atoms with Crippen molar-refractivity contribution in [2.45, 2.75) is 12.8 Å². The summed E-state index contributed by atoms with van der Waals surface area (Å²) >= 11 is 3.42. The van der Waals surface area contributed by atoms with E-state index in [1.54, 1.807) is 0 Å². The fourth-order valence-electron chi connectivity index (χ4n) is 3.84. The van der Waals surface area contributed by atoms with Crippen LogP contribution in [0.1, 0.15) is 23.2 Å². The van der Waals surface area contributed by atoms with Crippen LogP contribution in [0.15, 0.2) is 28.7 Å². The van der Waals surface area contributed by atoms with Crippen LogP contribution in [0.5, 0.6) is 0 Å². The van der Waals surface area contributed by atoms with Crippen molar-refractivity contribution < 1.29 is 9.90 Å². The molecule has 1 amide bonds. The Morgan fingerprint density at radius 2 is 2.09 bits per heavy atom. The Kier molecular flexibility index (Phi) is 5.16. The Balaban J connectivity index is 1.58. The number of hydrogen-bond acceptors (Lipinski definition) is 3. The summed E-state index contributed by atoms with van der Waals surface area (Å²) in [4.78, 5) is 14.5. The Morgan fingerprint density at radius 3 is 2.77 bits per heavy atom. The first-order valence-corrected chi connectivity index (χ1v) is 8.84. The molecule has 1 aromatic carbocycles. The van der Waals surface area contributed by atoms with Gasteiger partial charge in [-0.25, -0.2) is 0 Å². The molecule has 2 N–H and O–H groups in total. The van der Waals surface area contributed by atoms with Gasteiger partial charge in [0, 0.05) is 36.3 Å². The molecule has 0 saturated carbocycles. The Labute approximate surface area is 140 Å². The second kappa shape index (κ2) is 7.11. The van der Waals surface area contributed by atoms with Gasteiger partial charge in [-0.2, -0.15) is 0 Å². The highest BCUT2D eigenvalue weighted by Gasteiger charge is 2.35. The van der Waals surface area contributed by atoms with Gasteiger partial charge in [0.15, 0.2) is 0 Å². The zero-order valence-corrected chi connectivity index (χ0v) is 14.3. The van der Waals surface area contributed by atoms with Crippen molar-refractivity contribution in [3.05, 3.63) is 34.3 Å². The smallest absolute Gasteiger partial charge is 0.253 e. The summed E-state index contributed by atoms with van der Waals surface area (Å²) in [7, 11) is 0. The largest absolute Gasteiger partial charge is 0.396 e. The number of nitrogens with one attached hydrogen (secondary N) is 1. The monoisotopic (exact) mass is 366 g/mol. The third-order valence-electron chi connectivity index (χ3n) is 5.13. The van der Waals surface area contributed by atoms with E-state index in [4.69, 9.17) is 0 Å². The van der Waals surface area contributed by atoms with E-state index in [-0.39, 0.29) is 12.5 Å². The van der Waals surface area contributed by atoms with Gasteiger partial charge < -0.3 is 15.3 Å². The number of carbonyl (C=O) groups excluding carboxylic acids is 1. The molecule has 2 aliphatic rings. The summed E-state index contributed by atoms with van der Waals surface area (Å²) in [6.07, 6.45) is 2.09. The summed E-state index contributed by atoms with van der Waals surface area (Å²) < 4.78 is 0.941. The van der Waals surface area contributed by atoms with Gasteiger partial charge in [0.1, 0.15) is 0 Å². The average Bonchev–Trinajstić information content (AvgIpc) is 3.03. The second-order valence-corrected chi connectivity index (χ2v) is 7.32. The third kappa shape index (κ3) is 3.36. The molecule has 2 saturated heterocycles. The Hall–Kier alpha value is -0.910. The summed E-state index contributed by atoms with van der Waals surface area (Å²) in [5.41, 5.74) is 0.753. The van der Waals surface area contributed by atoms with E-state index in [0.29, 0.717) is 17.8 Å². The van der Waals surface area contributed by atoms with Crippen molar-refractivity contribution in [2.75, 3.05) is 32.8 Å². The molecular weight excluding hydrogens is 344 g/mol. The summed E-state index contributed by atoms with van der Waals surface area (Å²) in [6.45, 7) is 3.86.